The lowest BCUT2D eigenvalue weighted by atomic mass is 10.0. The number of hydrogen-bond donors (Lipinski definition) is 0. The van der Waals surface area contributed by atoms with Gasteiger partial charge in [0.25, 0.3) is 11.5 Å². The van der Waals surface area contributed by atoms with E-state index >= 15 is 0 Å². The summed E-state index contributed by atoms with van der Waals surface area (Å²) in [6.45, 7) is 3.43. The molecule has 0 radical (unpaired) electrons. The van der Waals surface area contributed by atoms with Crippen molar-refractivity contribution in [2.45, 2.75) is 39.2 Å². The summed E-state index contributed by atoms with van der Waals surface area (Å²) in [6.07, 6.45) is -0.117. The van der Waals surface area contributed by atoms with Crippen molar-refractivity contribution in [2.24, 2.45) is 5.92 Å². The van der Waals surface area contributed by atoms with Crippen molar-refractivity contribution in [1.29, 1.82) is 0 Å². The highest BCUT2D eigenvalue weighted by Crippen LogP contribution is 2.33. The van der Waals surface area contributed by atoms with Gasteiger partial charge in [-0.25, -0.2) is 13.8 Å². The number of rotatable bonds is 0. The highest BCUT2D eigenvalue weighted by Gasteiger charge is 2.39. The van der Waals surface area contributed by atoms with Gasteiger partial charge in [-0.05, 0) is 24.6 Å². The fourth-order valence-electron chi connectivity index (χ4n) is 2.69. The quantitative estimate of drug-likeness (QED) is 0.742. The van der Waals surface area contributed by atoms with Crippen LogP contribution < -0.4 is 5.56 Å². The third-order valence-corrected chi connectivity index (χ3v) is 4.05. The molecule has 0 N–H and O–H groups in total. The topological polar surface area (TPSA) is 34.9 Å². The Bertz CT molecular complexity index is 736. The van der Waals surface area contributed by atoms with Crippen molar-refractivity contribution in [3.63, 3.8) is 0 Å². The number of halogens is 2. The van der Waals surface area contributed by atoms with Crippen LogP contribution in [0.15, 0.2) is 23.0 Å². The lowest BCUT2D eigenvalue weighted by Gasteiger charge is -2.20. The van der Waals surface area contributed by atoms with E-state index in [2.05, 4.69) is 4.98 Å². The third kappa shape index (κ3) is 2.01. The van der Waals surface area contributed by atoms with Gasteiger partial charge in [0, 0.05) is 25.3 Å². The number of hydrogen-bond acceptors (Lipinski definition) is 2. The minimum absolute atomic E-state index is 0.0258. The predicted molar refractivity (Wildman–Crippen MR) is 73.2 cm³/mol. The smallest absolute Gasteiger partial charge is 0.261 e. The molecule has 5 heteroatoms. The van der Waals surface area contributed by atoms with Gasteiger partial charge < -0.3 is 0 Å². The van der Waals surface area contributed by atoms with E-state index < -0.39 is 11.8 Å². The molecule has 0 fully saturated rings. The van der Waals surface area contributed by atoms with E-state index in [-0.39, 0.29) is 24.9 Å². The Balaban J connectivity index is 2.23. The standard InChI is InChI=1S/C15H16F2N2O/c1-9-3-4-11-12(7-9)18-13-5-6-15(16,17)10(2)8-19(13)14(11)20/h3-4,7,10H,5-6,8H2,1-2H3. The van der Waals surface area contributed by atoms with Crippen molar-refractivity contribution in [3.8, 4) is 0 Å². The first-order chi connectivity index (χ1) is 9.38. The molecule has 0 amide bonds. The number of aryl methyl sites for hydroxylation is 2. The van der Waals surface area contributed by atoms with Gasteiger partial charge in [0.05, 0.1) is 10.9 Å². The summed E-state index contributed by atoms with van der Waals surface area (Å²) in [4.78, 5) is 16.9. The second-order valence-electron chi connectivity index (χ2n) is 5.63. The van der Waals surface area contributed by atoms with Crippen LogP contribution in [0, 0.1) is 12.8 Å². The Morgan fingerprint density at radius 2 is 2.15 bits per heavy atom. The van der Waals surface area contributed by atoms with Crippen LogP contribution in [0.1, 0.15) is 24.7 Å². The summed E-state index contributed by atoms with van der Waals surface area (Å²) in [5.74, 6) is -3.13. The van der Waals surface area contributed by atoms with Crippen molar-refractivity contribution >= 4 is 10.9 Å². The first kappa shape index (κ1) is 13.2. The van der Waals surface area contributed by atoms with Gasteiger partial charge in [0.15, 0.2) is 0 Å². The minimum atomic E-state index is -2.75. The molecule has 106 valence electrons. The summed E-state index contributed by atoms with van der Waals surface area (Å²) in [7, 11) is 0. The molecule has 0 spiro atoms. The van der Waals surface area contributed by atoms with Gasteiger partial charge in [0.2, 0.25) is 0 Å². The van der Waals surface area contributed by atoms with Gasteiger partial charge in [-0.3, -0.25) is 9.36 Å². The third-order valence-electron chi connectivity index (χ3n) is 4.05. The number of benzene rings is 1. The molecule has 0 aliphatic carbocycles. The molecular formula is C15H16F2N2O. The molecule has 0 saturated heterocycles. The Morgan fingerprint density at radius 3 is 2.90 bits per heavy atom. The monoisotopic (exact) mass is 278 g/mol. The largest absolute Gasteiger partial charge is 0.296 e. The molecule has 1 aromatic carbocycles. The maximum atomic E-state index is 13.8. The van der Waals surface area contributed by atoms with Crippen molar-refractivity contribution < 1.29 is 8.78 Å². The first-order valence-electron chi connectivity index (χ1n) is 6.76. The molecule has 1 unspecified atom stereocenters. The molecule has 1 aliphatic heterocycles. The Kier molecular flexibility index (Phi) is 2.88. The lowest BCUT2D eigenvalue weighted by Crippen LogP contribution is -2.31. The van der Waals surface area contributed by atoms with E-state index in [0.717, 1.165) is 5.56 Å². The molecule has 3 rings (SSSR count). The van der Waals surface area contributed by atoms with E-state index in [1.807, 2.05) is 19.1 Å². The summed E-state index contributed by atoms with van der Waals surface area (Å²) in [5, 5.41) is 0.497. The summed E-state index contributed by atoms with van der Waals surface area (Å²) < 4.78 is 29.1. The van der Waals surface area contributed by atoms with Crippen LogP contribution in [-0.2, 0) is 13.0 Å². The van der Waals surface area contributed by atoms with E-state index in [1.165, 1.54) is 11.5 Å². The average molecular weight is 278 g/mol. The molecule has 0 saturated carbocycles. The van der Waals surface area contributed by atoms with Crippen LogP contribution >= 0.6 is 0 Å². The number of alkyl halides is 2. The Labute approximate surface area is 115 Å². The Morgan fingerprint density at radius 1 is 1.40 bits per heavy atom. The Hall–Kier alpha value is -1.78. The van der Waals surface area contributed by atoms with Crippen LogP contribution in [-0.4, -0.2) is 15.5 Å². The van der Waals surface area contributed by atoms with E-state index in [9.17, 15) is 13.6 Å². The number of aromatic nitrogens is 2. The van der Waals surface area contributed by atoms with Crippen LogP contribution in [0.25, 0.3) is 10.9 Å². The molecule has 3 nitrogen and oxygen atoms in total. The zero-order valence-corrected chi connectivity index (χ0v) is 11.5. The number of fused-ring (bicyclic) bond motifs is 2. The molecule has 0 bridgehead atoms. The predicted octanol–water partition coefficient (Wildman–Crippen LogP) is 2.92. The molecule has 2 aromatic rings. The van der Waals surface area contributed by atoms with Gasteiger partial charge in [0.1, 0.15) is 5.82 Å². The number of nitrogens with zero attached hydrogens (tertiary/aromatic N) is 2. The van der Waals surface area contributed by atoms with Crippen molar-refractivity contribution in [1.82, 2.24) is 9.55 Å². The minimum Gasteiger partial charge on any atom is -0.296 e. The highest BCUT2D eigenvalue weighted by molar-refractivity contribution is 5.78. The van der Waals surface area contributed by atoms with Gasteiger partial charge in [-0.15, -0.1) is 0 Å². The maximum absolute atomic E-state index is 13.8. The van der Waals surface area contributed by atoms with Crippen LogP contribution in [0.4, 0.5) is 8.78 Å². The van der Waals surface area contributed by atoms with Crippen LogP contribution in [0.5, 0.6) is 0 Å². The fraction of sp³-hybridized carbons (Fsp3) is 0.467. The highest BCUT2D eigenvalue weighted by atomic mass is 19.3. The van der Waals surface area contributed by atoms with Gasteiger partial charge in [-0.2, -0.15) is 0 Å². The lowest BCUT2D eigenvalue weighted by molar-refractivity contribution is -0.0593. The molecular weight excluding hydrogens is 262 g/mol. The molecule has 1 aromatic heterocycles. The molecule has 1 aliphatic rings. The van der Waals surface area contributed by atoms with Gasteiger partial charge >= 0.3 is 0 Å². The molecule has 20 heavy (non-hydrogen) atoms. The molecule has 2 heterocycles. The normalized spacial score (nSPS) is 21.5. The van der Waals surface area contributed by atoms with E-state index in [1.54, 1.807) is 6.07 Å². The van der Waals surface area contributed by atoms with Crippen molar-refractivity contribution in [3.05, 3.63) is 39.9 Å². The van der Waals surface area contributed by atoms with Crippen molar-refractivity contribution in [2.75, 3.05) is 0 Å². The zero-order chi connectivity index (χ0) is 14.5. The summed E-state index contributed by atoms with van der Waals surface area (Å²) >= 11 is 0. The van der Waals surface area contributed by atoms with Crippen LogP contribution in [0.2, 0.25) is 0 Å². The van der Waals surface area contributed by atoms with Gasteiger partial charge in [-0.1, -0.05) is 13.0 Å². The molecule has 1 atom stereocenters. The fourth-order valence-corrected chi connectivity index (χ4v) is 2.69. The van der Waals surface area contributed by atoms with Crippen LogP contribution in [0.3, 0.4) is 0 Å². The first-order valence-corrected chi connectivity index (χ1v) is 6.76. The van der Waals surface area contributed by atoms with E-state index in [4.69, 9.17) is 0 Å². The zero-order valence-electron chi connectivity index (χ0n) is 11.5. The maximum Gasteiger partial charge on any atom is 0.261 e. The SMILES string of the molecule is Cc1ccc2c(=O)n3c(nc2c1)CCC(F)(F)C(C)C3. The summed E-state index contributed by atoms with van der Waals surface area (Å²) in [6, 6.07) is 5.39. The average Bonchev–Trinajstić information content (AvgIpc) is 2.49. The second kappa shape index (κ2) is 4.36. The summed E-state index contributed by atoms with van der Waals surface area (Å²) in [5.41, 5.74) is 1.38. The van der Waals surface area contributed by atoms with E-state index in [0.29, 0.717) is 16.7 Å². The second-order valence-corrected chi connectivity index (χ2v) is 5.63.